The maximum atomic E-state index is 5.17. The van der Waals surface area contributed by atoms with E-state index in [0.29, 0.717) is 6.04 Å². The minimum Gasteiger partial charge on any atom is -0.362 e. The number of hydrogen-bond acceptors (Lipinski definition) is 2. The number of thiocarbonyl (C=S) groups is 1. The van der Waals surface area contributed by atoms with Crippen LogP contribution < -0.4 is 10.6 Å². The van der Waals surface area contributed by atoms with E-state index in [-0.39, 0.29) is 0 Å². The summed E-state index contributed by atoms with van der Waals surface area (Å²) < 4.78 is 0. The third-order valence-electron chi connectivity index (χ3n) is 2.18. The van der Waals surface area contributed by atoms with Crippen LogP contribution in [-0.4, -0.2) is 28.7 Å². The van der Waals surface area contributed by atoms with E-state index in [4.69, 9.17) is 12.2 Å². The molecule has 0 amide bonds. The molecule has 1 aliphatic rings. The summed E-state index contributed by atoms with van der Waals surface area (Å²) in [7, 11) is 0. The van der Waals surface area contributed by atoms with Crippen LogP contribution in [0.4, 0.5) is 0 Å². The number of rotatable bonds is 3. The van der Waals surface area contributed by atoms with Crippen molar-refractivity contribution in [2.75, 3.05) is 12.3 Å². The normalized spacial score (nSPS) is 22.1. The van der Waals surface area contributed by atoms with E-state index in [1.54, 1.807) is 0 Å². The van der Waals surface area contributed by atoms with E-state index in [0.717, 1.165) is 16.9 Å². The zero-order valence-corrected chi connectivity index (χ0v) is 10.6. The fourth-order valence-electron chi connectivity index (χ4n) is 1.49. The van der Waals surface area contributed by atoms with Crippen LogP contribution in [0.25, 0.3) is 0 Å². The van der Waals surface area contributed by atoms with Gasteiger partial charge in [0.2, 0.25) is 0 Å². The van der Waals surface area contributed by atoms with Crippen molar-refractivity contribution in [1.29, 1.82) is 0 Å². The van der Waals surface area contributed by atoms with Crippen LogP contribution in [0, 0.1) is 0 Å². The lowest BCUT2D eigenvalue weighted by Crippen LogP contribution is -2.42. The quantitative estimate of drug-likeness (QED) is 0.728. The zero-order chi connectivity index (χ0) is 10.4. The smallest absolute Gasteiger partial charge is 0.166 e. The number of thioether (sulfide) groups is 1. The lowest BCUT2D eigenvalue weighted by atomic mass is 10.2. The third-order valence-corrected chi connectivity index (χ3v) is 3.84. The van der Waals surface area contributed by atoms with Crippen molar-refractivity contribution in [3.63, 3.8) is 0 Å². The standard InChI is InChI=1S/C10H20N2S2/c1-8(2)12-10(13)11-7-9-5-3-4-6-14-9/h8-9H,3-7H2,1-2H3,(H2,11,12,13). The van der Waals surface area contributed by atoms with Crippen molar-refractivity contribution in [3.05, 3.63) is 0 Å². The van der Waals surface area contributed by atoms with Gasteiger partial charge >= 0.3 is 0 Å². The molecule has 1 atom stereocenters. The summed E-state index contributed by atoms with van der Waals surface area (Å²) >= 11 is 7.24. The molecule has 14 heavy (non-hydrogen) atoms. The van der Waals surface area contributed by atoms with E-state index in [1.165, 1.54) is 25.0 Å². The van der Waals surface area contributed by atoms with Gasteiger partial charge in [0.05, 0.1) is 0 Å². The van der Waals surface area contributed by atoms with Crippen LogP contribution in [0.1, 0.15) is 33.1 Å². The Morgan fingerprint density at radius 2 is 2.29 bits per heavy atom. The van der Waals surface area contributed by atoms with Crippen molar-refractivity contribution < 1.29 is 0 Å². The predicted octanol–water partition coefficient (Wildman–Crippen LogP) is 2.14. The highest BCUT2D eigenvalue weighted by Crippen LogP contribution is 2.24. The largest absolute Gasteiger partial charge is 0.362 e. The van der Waals surface area contributed by atoms with E-state index in [9.17, 15) is 0 Å². The molecule has 1 aliphatic heterocycles. The van der Waals surface area contributed by atoms with E-state index in [1.807, 2.05) is 0 Å². The first-order valence-corrected chi connectivity index (χ1v) is 6.80. The fraction of sp³-hybridized carbons (Fsp3) is 0.900. The molecule has 82 valence electrons. The van der Waals surface area contributed by atoms with Gasteiger partial charge in [-0.2, -0.15) is 11.8 Å². The van der Waals surface area contributed by atoms with Crippen molar-refractivity contribution in [2.45, 2.75) is 44.4 Å². The molecule has 1 saturated heterocycles. The molecule has 1 unspecified atom stereocenters. The van der Waals surface area contributed by atoms with Crippen molar-refractivity contribution >= 4 is 29.1 Å². The van der Waals surface area contributed by atoms with Gasteiger partial charge in [-0.05, 0) is 44.7 Å². The SMILES string of the molecule is CC(C)NC(=S)NCC1CCCCS1. The van der Waals surface area contributed by atoms with E-state index >= 15 is 0 Å². The number of hydrogen-bond donors (Lipinski definition) is 2. The molecule has 1 rings (SSSR count). The molecular formula is C10H20N2S2. The first-order valence-electron chi connectivity index (χ1n) is 5.34. The molecule has 1 fully saturated rings. The lowest BCUT2D eigenvalue weighted by molar-refractivity contribution is 0.639. The molecule has 2 nitrogen and oxygen atoms in total. The van der Waals surface area contributed by atoms with Crippen LogP contribution >= 0.6 is 24.0 Å². The fourth-order valence-corrected chi connectivity index (χ4v) is 3.05. The molecule has 0 aromatic heterocycles. The number of nitrogens with one attached hydrogen (secondary N) is 2. The molecule has 2 N–H and O–H groups in total. The van der Waals surface area contributed by atoms with E-state index < -0.39 is 0 Å². The molecule has 0 spiro atoms. The van der Waals surface area contributed by atoms with Crippen molar-refractivity contribution in [1.82, 2.24) is 10.6 Å². The third kappa shape index (κ3) is 5.05. The van der Waals surface area contributed by atoms with Gasteiger partial charge in [0.1, 0.15) is 0 Å². The second-order valence-corrected chi connectivity index (χ2v) is 5.81. The van der Waals surface area contributed by atoms with Crippen LogP contribution in [-0.2, 0) is 0 Å². The van der Waals surface area contributed by atoms with Gasteiger partial charge in [-0.1, -0.05) is 6.42 Å². The Kier molecular flexibility index (Phi) is 5.63. The molecular weight excluding hydrogens is 212 g/mol. The summed E-state index contributed by atoms with van der Waals surface area (Å²) in [6, 6.07) is 0.425. The maximum Gasteiger partial charge on any atom is 0.166 e. The topological polar surface area (TPSA) is 24.1 Å². The summed E-state index contributed by atoms with van der Waals surface area (Å²) in [4.78, 5) is 0. The molecule has 0 aromatic carbocycles. The average molecular weight is 232 g/mol. The molecule has 1 heterocycles. The highest BCUT2D eigenvalue weighted by molar-refractivity contribution is 7.99. The van der Waals surface area contributed by atoms with Crippen LogP contribution in [0.5, 0.6) is 0 Å². The minimum absolute atomic E-state index is 0.425. The van der Waals surface area contributed by atoms with E-state index in [2.05, 4.69) is 36.2 Å². The highest BCUT2D eigenvalue weighted by atomic mass is 32.2. The monoisotopic (exact) mass is 232 g/mol. The molecule has 0 saturated carbocycles. The maximum absolute atomic E-state index is 5.17. The Hall–Kier alpha value is 0.0400. The summed E-state index contributed by atoms with van der Waals surface area (Å²) in [5.74, 6) is 1.32. The van der Waals surface area contributed by atoms with Crippen molar-refractivity contribution in [2.24, 2.45) is 0 Å². The first kappa shape index (κ1) is 12.1. The summed E-state index contributed by atoms with van der Waals surface area (Å²) in [6.07, 6.45) is 4.10. The Balaban J connectivity index is 2.09. The Bertz CT molecular complexity index is 177. The first-order chi connectivity index (χ1) is 6.68. The van der Waals surface area contributed by atoms with Gasteiger partial charge in [-0.15, -0.1) is 0 Å². The van der Waals surface area contributed by atoms with Crippen LogP contribution in [0.15, 0.2) is 0 Å². The second-order valence-electron chi connectivity index (χ2n) is 4.00. The van der Waals surface area contributed by atoms with Crippen LogP contribution in [0.3, 0.4) is 0 Å². The molecule has 4 heteroatoms. The zero-order valence-electron chi connectivity index (χ0n) is 9.01. The van der Waals surface area contributed by atoms with Crippen molar-refractivity contribution in [3.8, 4) is 0 Å². The van der Waals surface area contributed by atoms with Gasteiger partial charge in [0.15, 0.2) is 5.11 Å². The minimum atomic E-state index is 0.425. The summed E-state index contributed by atoms with van der Waals surface area (Å²) in [5, 5.41) is 8.03. The lowest BCUT2D eigenvalue weighted by Gasteiger charge is -2.22. The van der Waals surface area contributed by atoms with Gasteiger partial charge < -0.3 is 10.6 Å². The molecule has 0 bridgehead atoms. The van der Waals surface area contributed by atoms with Gasteiger partial charge in [-0.3, -0.25) is 0 Å². The highest BCUT2D eigenvalue weighted by Gasteiger charge is 2.13. The Morgan fingerprint density at radius 3 is 2.86 bits per heavy atom. The van der Waals surface area contributed by atoms with Gasteiger partial charge in [-0.25, -0.2) is 0 Å². The van der Waals surface area contributed by atoms with Gasteiger partial charge in [0, 0.05) is 17.8 Å². The summed E-state index contributed by atoms with van der Waals surface area (Å²) in [5.41, 5.74) is 0. The summed E-state index contributed by atoms with van der Waals surface area (Å²) in [6.45, 7) is 5.22. The average Bonchev–Trinajstić information content (AvgIpc) is 2.15. The predicted molar refractivity (Wildman–Crippen MR) is 69.0 cm³/mol. The van der Waals surface area contributed by atoms with Gasteiger partial charge in [0.25, 0.3) is 0 Å². The Morgan fingerprint density at radius 1 is 1.50 bits per heavy atom. The Labute approximate surface area is 96.6 Å². The molecule has 0 radical (unpaired) electrons. The molecule has 0 aliphatic carbocycles. The molecule has 0 aromatic rings. The van der Waals surface area contributed by atoms with Crippen LogP contribution in [0.2, 0.25) is 0 Å². The second kappa shape index (κ2) is 6.51.